The fourth-order valence-corrected chi connectivity index (χ4v) is 1.86. The van der Waals surface area contributed by atoms with E-state index in [4.69, 9.17) is 0 Å². The molecule has 0 unspecified atom stereocenters. The van der Waals surface area contributed by atoms with Gasteiger partial charge >= 0.3 is 0 Å². The molecule has 3 rings (SSSR count). The third kappa shape index (κ3) is 1.24. The molecule has 0 spiro atoms. The monoisotopic (exact) mass is 182 g/mol. The van der Waals surface area contributed by atoms with Gasteiger partial charge in [0.25, 0.3) is 0 Å². The van der Waals surface area contributed by atoms with E-state index in [1.807, 2.05) is 13.8 Å². The lowest BCUT2D eigenvalue weighted by atomic mass is 10.0. The van der Waals surface area contributed by atoms with Gasteiger partial charge < -0.3 is 0 Å². The van der Waals surface area contributed by atoms with Crippen LogP contribution in [0.1, 0.15) is 25.0 Å². The first-order chi connectivity index (χ1) is 6.95. The van der Waals surface area contributed by atoms with E-state index >= 15 is 0 Å². The first-order valence-corrected chi connectivity index (χ1v) is 5.15. The SMILES string of the molecule is C1=Cc2cccc3cccc1c23.CC. The summed E-state index contributed by atoms with van der Waals surface area (Å²) in [6.45, 7) is 4.00. The smallest absolute Gasteiger partial charge is 0.00389 e. The van der Waals surface area contributed by atoms with E-state index in [1.165, 1.54) is 21.9 Å². The molecule has 0 radical (unpaired) electrons. The molecule has 1 aliphatic rings. The quantitative estimate of drug-likeness (QED) is 0.485. The zero-order chi connectivity index (χ0) is 9.97. The molecule has 0 nitrogen and oxygen atoms in total. The average Bonchev–Trinajstić information content (AvgIpc) is 2.68. The van der Waals surface area contributed by atoms with E-state index in [0.717, 1.165) is 0 Å². The molecular formula is C14H14. The van der Waals surface area contributed by atoms with Crippen LogP contribution in [-0.4, -0.2) is 0 Å². The number of rotatable bonds is 0. The first kappa shape index (κ1) is 9.01. The molecule has 0 atom stereocenters. The Balaban J connectivity index is 0.000000354. The Bertz CT molecular complexity index is 438. The molecule has 14 heavy (non-hydrogen) atoms. The van der Waals surface area contributed by atoms with Crippen molar-refractivity contribution in [1.82, 2.24) is 0 Å². The maximum absolute atomic E-state index is 2.18. The van der Waals surface area contributed by atoms with Gasteiger partial charge in [0.2, 0.25) is 0 Å². The molecule has 0 bridgehead atoms. The van der Waals surface area contributed by atoms with E-state index in [-0.39, 0.29) is 0 Å². The van der Waals surface area contributed by atoms with Gasteiger partial charge in [-0.2, -0.15) is 0 Å². The summed E-state index contributed by atoms with van der Waals surface area (Å²) in [7, 11) is 0. The van der Waals surface area contributed by atoms with Gasteiger partial charge in [-0.25, -0.2) is 0 Å². The molecule has 0 fully saturated rings. The van der Waals surface area contributed by atoms with E-state index in [0.29, 0.717) is 0 Å². The van der Waals surface area contributed by atoms with Crippen LogP contribution < -0.4 is 0 Å². The first-order valence-electron chi connectivity index (χ1n) is 5.15. The maximum atomic E-state index is 2.18. The van der Waals surface area contributed by atoms with Crippen LogP contribution in [0, 0.1) is 0 Å². The van der Waals surface area contributed by atoms with Gasteiger partial charge in [-0.15, -0.1) is 0 Å². The van der Waals surface area contributed by atoms with Crippen LogP contribution in [0.5, 0.6) is 0 Å². The Morgan fingerprint density at radius 3 is 1.71 bits per heavy atom. The van der Waals surface area contributed by atoms with Crippen molar-refractivity contribution in [3.8, 4) is 0 Å². The second-order valence-electron chi connectivity index (χ2n) is 3.13. The lowest BCUT2D eigenvalue weighted by Crippen LogP contribution is -1.76. The summed E-state index contributed by atoms with van der Waals surface area (Å²) in [6.07, 6.45) is 4.36. The highest BCUT2D eigenvalue weighted by Crippen LogP contribution is 2.30. The van der Waals surface area contributed by atoms with Crippen molar-refractivity contribution in [2.24, 2.45) is 0 Å². The highest BCUT2D eigenvalue weighted by Gasteiger charge is 2.06. The Kier molecular flexibility index (Phi) is 2.36. The molecule has 0 N–H and O–H groups in total. The van der Waals surface area contributed by atoms with Crippen molar-refractivity contribution in [1.29, 1.82) is 0 Å². The summed E-state index contributed by atoms with van der Waals surface area (Å²) in [5.41, 5.74) is 2.70. The predicted molar refractivity (Wildman–Crippen MR) is 64.2 cm³/mol. The van der Waals surface area contributed by atoms with Gasteiger partial charge in [-0.05, 0) is 21.9 Å². The molecule has 0 saturated carbocycles. The van der Waals surface area contributed by atoms with Gasteiger partial charge in [0.15, 0.2) is 0 Å². The minimum absolute atomic E-state index is 1.34. The minimum atomic E-state index is 1.34. The van der Waals surface area contributed by atoms with Gasteiger partial charge in [-0.1, -0.05) is 62.4 Å². The van der Waals surface area contributed by atoms with E-state index < -0.39 is 0 Å². The molecule has 0 amide bonds. The van der Waals surface area contributed by atoms with Crippen molar-refractivity contribution in [2.75, 3.05) is 0 Å². The summed E-state index contributed by atoms with van der Waals surface area (Å²) in [4.78, 5) is 0. The second kappa shape index (κ2) is 3.67. The third-order valence-corrected chi connectivity index (χ3v) is 2.41. The summed E-state index contributed by atoms with van der Waals surface area (Å²) >= 11 is 0. The zero-order valence-electron chi connectivity index (χ0n) is 8.62. The van der Waals surface area contributed by atoms with E-state index in [1.54, 1.807) is 0 Å². The fourth-order valence-electron chi connectivity index (χ4n) is 1.86. The molecule has 0 heterocycles. The summed E-state index contributed by atoms with van der Waals surface area (Å²) in [6, 6.07) is 12.9. The molecule has 0 heteroatoms. The molecule has 0 saturated heterocycles. The summed E-state index contributed by atoms with van der Waals surface area (Å²) in [5.74, 6) is 0. The lowest BCUT2D eigenvalue weighted by molar-refractivity contribution is 1.50. The predicted octanol–water partition coefficient (Wildman–Crippen LogP) is 4.35. The van der Waals surface area contributed by atoms with Crippen LogP contribution >= 0.6 is 0 Å². The van der Waals surface area contributed by atoms with Crippen LogP contribution in [0.3, 0.4) is 0 Å². The minimum Gasteiger partial charge on any atom is -0.0683 e. The highest BCUT2D eigenvalue weighted by atomic mass is 14.1. The average molecular weight is 182 g/mol. The fraction of sp³-hybridized carbons (Fsp3) is 0.143. The van der Waals surface area contributed by atoms with Crippen LogP contribution in [-0.2, 0) is 0 Å². The van der Waals surface area contributed by atoms with E-state index in [9.17, 15) is 0 Å². The van der Waals surface area contributed by atoms with Gasteiger partial charge in [0, 0.05) is 0 Å². The number of hydrogen-bond donors (Lipinski definition) is 0. The van der Waals surface area contributed by atoms with Gasteiger partial charge in [0.1, 0.15) is 0 Å². The molecule has 0 aliphatic heterocycles. The highest BCUT2D eigenvalue weighted by molar-refractivity contribution is 6.04. The largest absolute Gasteiger partial charge is 0.0683 e. The standard InChI is InChI=1S/C12H8.C2H6/c1-3-9-4-2-6-11-8-7-10(5-1)12(9)11;1-2/h1-8H;1-2H3. The zero-order valence-corrected chi connectivity index (χ0v) is 8.62. The lowest BCUT2D eigenvalue weighted by Gasteiger charge is -1.99. The van der Waals surface area contributed by atoms with Gasteiger partial charge in [0.05, 0.1) is 0 Å². The normalized spacial score (nSPS) is 11.3. The third-order valence-electron chi connectivity index (χ3n) is 2.41. The maximum Gasteiger partial charge on any atom is -0.00389 e. The molecule has 2 aromatic rings. The molecule has 1 aliphatic carbocycles. The van der Waals surface area contributed by atoms with Crippen LogP contribution in [0.25, 0.3) is 22.9 Å². The number of benzene rings is 2. The van der Waals surface area contributed by atoms with Crippen LogP contribution in [0.2, 0.25) is 0 Å². The Labute approximate surface area is 84.9 Å². The molecule has 2 aromatic carbocycles. The van der Waals surface area contributed by atoms with Crippen molar-refractivity contribution >= 4 is 22.9 Å². The van der Waals surface area contributed by atoms with Crippen LogP contribution in [0.15, 0.2) is 36.4 Å². The Morgan fingerprint density at radius 1 is 0.714 bits per heavy atom. The molecule has 0 aromatic heterocycles. The van der Waals surface area contributed by atoms with Crippen molar-refractivity contribution < 1.29 is 0 Å². The summed E-state index contributed by atoms with van der Waals surface area (Å²) in [5, 5.41) is 2.75. The van der Waals surface area contributed by atoms with Crippen molar-refractivity contribution in [3.05, 3.63) is 47.5 Å². The van der Waals surface area contributed by atoms with Crippen LogP contribution in [0.4, 0.5) is 0 Å². The van der Waals surface area contributed by atoms with Gasteiger partial charge in [-0.3, -0.25) is 0 Å². The second-order valence-corrected chi connectivity index (χ2v) is 3.13. The van der Waals surface area contributed by atoms with Crippen molar-refractivity contribution in [2.45, 2.75) is 13.8 Å². The Hall–Kier alpha value is -1.56. The topological polar surface area (TPSA) is 0 Å². The Morgan fingerprint density at radius 2 is 1.21 bits per heavy atom. The molecular weight excluding hydrogens is 168 g/mol. The van der Waals surface area contributed by atoms with Crippen molar-refractivity contribution in [3.63, 3.8) is 0 Å². The van der Waals surface area contributed by atoms with E-state index in [2.05, 4.69) is 48.6 Å². The number of hydrogen-bond acceptors (Lipinski definition) is 0. The summed E-state index contributed by atoms with van der Waals surface area (Å²) < 4.78 is 0. The molecule has 70 valence electrons.